The highest BCUT2D eigenvalue weighted by Gasteiger charge is 2.24. The SMILES string of the molecule is O=C(NCCN1CCCC1)c1c(=O)c2cc(N3CCOCC3)nnc2n2c1sc1ccccc12. The molecule has 0 saturated carbocycles. The molecule has 5 heterocycles. The number of carbonyl (C=O) groups is 1. The van der Waals surface area contributed by atoms with E-state index in [1.54, 1.807) is 6.07 Å². The number of amides is 1. The maximum Gasteiger partial charge on any atom is 0.258 e. The van der Waals surface area contributed by atoms with E-state index in [0.717, 1.165) is 29.9 Å². The molecule has 2 saturated heterocycles. The molecule has 2 fully saturated rings. The van der Waals surface area contributed by atoms with E-state index < -0.39 is 0 Å². The summed E-state index contributed by atoms with van der Waals surface area (Å²) in [6.07, 6.45) is 2.41. The predicted octanol–water partition coefficient (Wildman–Crippen LogP) is 2.12. The summed E-state index contributed by atoms with van der Waals surface area (Å²) < 4.78 is 8.33. The summed E-state index contributed by atoms with van der Waals surface area (Å²) in [6.45, 7) is 6.04. The summed E-state index contributed by atoms with van der Waals surface area (Å²) in [4.78, 5) is 32.1. The van der Waals surface area contributed by atoms with Crippen molar-refractivity contribution in [3.05, 3.63) is 46.1 Å². The average Bonchev–Trinajstić information content (AvgIpc) is 3.52. The normalized spacial score (nSPS) is 17.2. The van der Waals surface area contributed by atoms with Gasteiger partial charge in [-0.2, -0.15) is 0 Å². The minimum Gasteiger partial charge on any atom is -0.378 e. The van der Waals surface area contributed by atoms with E-state index in [1.807, 2.05) is 28.7 Å². The van der Waals surface area contributed by atoms with Gasteiger partial charge in [0.1, 0.15) is 10.4 Å². The Balaban J connectivity index is 1.47. The van der Waals surface area contributed by atoms with Crippen LogP contribution >= 0.6 is 11.3 Å². The summed E-state index contributed by atoms with van der Waals surface area (Å²) in [6, 6.07) is 9.65. The fraction of sp³-hybridized carbons (Fsp3) is 0.417. The first kappa shape index (κ1) is 21.5. The van der Waals surface area contributed by atoms with Gasteiger partial charge in [-0.15, -0.1) is 21.5 Å². The molecule has 0 aliphatic carbocycles. The molecule has 9 nitrogen and oxygen atoms in total. The van der Waals surface area contributed by atoms with Crippen LogP contribution in [-0.4, -0.2) is 77.9 Å². The average molecular weight is 479 g/mol. The minimum atomic E-state index is -0.333. The molecule has 6 rings (SSSR count). The Labute approximate surface area is 199 Å². The molecule has 0 atom stereocenters. The summed E-state index contributed by atoms with van der Waals surface area (Å²) in [7, 11) is 0. The fourth-order valence-corrected chi connectivity index (χ4v) is 6.05. The maximum absolute atomic E-state index is 13.7. The number of carbonyl (C=O) groups excluding carboxylic acids is 1. The largest absolute Gasteiger partial charge is 0.378 e. The Kier molecular flexibility index (Phi) is 5.64. The molecule has 0 unspecified atom stereocenters. The molecule has 3 aromatic heterocycles. The van der Waals surface area contributed by atoms with Crippen molar-refractivity contribution < 1.29 is 9.53 Å². The van der Waals surface area contributed by atoms with Gasteiger partial charge >= 0.3 is 0 Å². The van der Waals surface area contributed by atoms with Gasteiger partial charge in [0.2, 0.25) is 5.43 Å². The topological polar surface area (TPSA) is 92.1 Å². The molecule has 2 aliphatic heterocycles. The molecule has 34 heavy (non-hydrogen) atoms. The van der Waals surface area contributed by atoms with Crippen LogP contribution < -0.4 is 15.6 Å². The number of hydrogen-bond donors (Lipinski definition) is 1. The molecule has 0 bridgehead atoms. The van der Waals surface area contributed by atoms with Crippen LogP contribution in [0.4, 0.5) is 5.82 Å². The summed E-state index contributed by atoms with van der Waals surface area (Å²) in [5, 5.41) is 12.3. The highest BCUT2D eigenvalue weighted by Crippen LogP contribution is 2.31. The lowest BCUT2D eigenvalue weighted by Crippen LogP contribution is -2.37. The van der Waals surface area contributed by atoms with Crippen LogP contribution in [0, 0.1) is 0 Å². The van der Waals surface area contributed by atoms with Crippen LogP contribution in [0.3, 0.4) is 0 Å². The highest BCUT2D eigenvalue weighted by atomic mass is 32.1. The number of hydrogen-bond acceptors (Lipinski definition) is 8. The van der Waals surface area contributed by atoms with Crippen molar-refractivity contribution in [3.63, 3.8) is 0 Å². The number of pyridine rings is 1. The van der Waals surface area contributed by atoms with Crippen molar-refractivity contribution in [1.82, 2.24) is 24.8 Å². The number of ether oxygens (including phenoxy) is 1. The molecule has 10 heteroatoms. The smallest absolute Gasteiger partial charge is 0.258 e. The van der Waals surface area contributed by atoms with Crippen LogP contribution in [0.2, 0.25) is 0 Å². The number of benzene rings is 1. The van der Waals surface area contributed by atoms with Gasteiger partial charge < -0.3 is 19.9 Å². The minimum absolute atomic E-state index is 0.177. The molecule has 0 radical (unpaired) electrons. The van der Waals surface area contributed by atoms with E-state index in [0.29, 0.717) is 54.5 Å². The fourth-order valence-electron chi connectivity index (χ4n) is 4.87. The van der Waals surface area contributed by atoms with Crippen molar-refractivity contribution >= 4 is 49.1 Å². The number of thiazole rings is 1. The molecule has 1 aromatic carbocycles. The Morgan fingerprint density at radius 3 is 2.71 bits per heavy atom. The lowest BCUT2D eigenvalue weighted by molar-refractivity contribution is 0.0950. The summed E-state index contributed by atoms with van der Waals surface area (Å²) in [5.74, 6) is 0.299. The van der Waals surface area contributed by atoms with Crippen molar-refractivity contribution in [2.24, 2.45) is 0 Å². The number of fused-ring (bicyclic) bond motifs is 5. The summed E-state index contributed by atoms with van der Waals surface area (Å²) >= 11 is 1.43. The number of aromatic nitrogens is 3. The standard InChI is InChI=1S/C24H26N6O3S/c31-21-16-15-19(29-11-13-33-14-12-29)26-27-22(16)30-17-5-1-2-6-18(17)34-24(30)20(21)23(32)25-7-10-28-8-3-4-9-28/h1-2,5-6,15H,3-4,7-14H2,(H,25,32). The molecule has 176 valence electrons. The van der Waals surface area contributed by atoms with Crippen LogP contribution in [0.25, 0.3) is 26.1 Å². The molecule has 2 aliphatic rings. The van der Waals surface area contributed by atoms with E-state index in [9.17, 15) is 9.59 Å². The third kappa shape index (κ3) is 3.71. The zero-order chi connectivity index (χ0) is 23.1. The first-order valence-corrected chi connectivity index (χ1v) is 12.6. The van der Waals surface area contributed by atoms with Crippen LogP contribution in [0.1, 0.15) is 23.2 Å². The van der Waals surface area contributed by atoms with E-state index in [2.05, 4.69) is 25.3 Å². The summed E-state index contributed by atoms with van der Waals surface area (Å²) in [5.41, 5.74) is 1.26. The molecule has 1 N–H and O–H groups in total. The van der Waals surface area contributed by atoms with Crippen molar-refractivity contribution in [2.75, 3.05) is 57.4 Å². The first-order chi connectivity index (χ1) is 16.7. The van der Waals surface area contributed by atoms with Crippen LogP contribution in [-0.2, 0) is 4.74 Å². The van der Waals surface area contributed by atoms with Gasteiger partial charge in [-0.1, -0.05) is 12.1 Å². The predicted molar refractivity (Wildman–Crippen MR) is 133 cm³/mol. The number of para-hydroxylation sites is 1. The molecular weight excluding hydrogens is 452 g/mol. The van der Waals surface area contributed by atoms with Gasteiger partial charge in [0.05, 0.1) is 28.8 Å². The number of likely N-dealkylation sites (tertiary alicyclic amines) is 1. The van der Waals surface area contributed by atoms with Crippen molar-refractivity contribution in [3.8, 4) is 0 Å². The van der Waals surface area contributed by atoms with E-state index in [4.69, 9.17) is 4.74 Å². The number of nitrogens with zero attached hydrogens (tertiary/aromatic N) is 5. The Morgan fingerprint density at radius 1 is 1.09 bits per heavy atom. The van der Waals surface area contributed by atoms with Crippen LogP contribution in [0.15, 0.2) is 35.1 Å². The molecule has 4 aromatic rings. The number of morpholine rings is 1. The second-order valence-electron chi connectivity index (χ2n) is 8.76. The first-order valence-electron chi connectivity index (χ1n) is 11.8. The number of nitrogens with one attached hydrogen (secondary N) is 1. The zero-order valence-electron chi connectivity index (χ0n) is 18.8. The maximum atomic E-state index is 13.7. The van der Waals surface area contributed by atoms with E-state index >= 15 is 0 Å². The third-order valence-corrected chi connectivity index (χ3v) is 7.79. The molecule has 1 amide bonds. The van der Waals surface area contributed by atoms with Gasteiger partial charge in [-0.3, -0.25) is 14.0 Å². The monoisotopic (exact) mass is 478 g/mol. The number of anilines is 1. The van der Waals surface area contributed by atoms with Gasteiger partial charge in [0.15, 0.2) is 11.5 Å². The Hall–Kier alpha value is -3.08. The Bertz CT molecular complexity index is 1440. The van der Waals surface area contributed by atoms with E-state index in [1.165, 1.54) is 24.2 Å². The highest BCUT2D eigenvalue weighted by molar-refractivity contribution is 7.24. The van der Waals surface area contributed by atoms with Crippen molar-refractivity contribution in [2.45, 2.75) is 12.8 Å². The van der Waals surface area contributed by atoms with Crippen molar-refractivity contribution in [1.29, 1.82) is 0 Å². The molecular formula is C24H26N6O3S. The van der Waals surface area contributed by atoms with E-state index in [-0.39, 0.29) is 16.9 Å². The second-order valence-corrected chi connectivity index (χ2v) is 9.79. The third-order valence-electron chi connectivity index (χ3n) is 6.65. The van der Waals surface area contributed by atoms with Gasteiger partial charge in [-0.05, 0) is 44.1 Å². The zero-order valence-corrected chi connectivity index (χ0v) is 19.6. The van der Waals surface area contributed by atoms with Crippen LogP contribution in [0.5, 0.6) is 0 Å². The lowest BCUT2D eigenvalue weighted by Gasteiger charge is -2.27. The van der Waals surface area contributed by atoms with Gasteiger partial charge in [0.25, 0.3) is 5.91 Å². The Morgan fingerprint density at radius 2 is 1.88 bits per heavy atom. The van der Waals surface area contributed by atoms with Gasteiger partial charge in [0, 0.05) is 26.2 Å². The number of rotatable bonds is 5. The second kappa shape index (κ2) is 8.94. The lowest BCUT2D eigenvalue weighted by atomic mass is 10.1. The quantitative estimate of drug-likeness (QED) is 0.470. The molecule has 0 spiro atoms. The van der Waals surface area contributed by atoms with Gasteiger partial charge in [-0.25, -0.2) is 0 Å².